The van der Waals surface area contributed by atoms with E-state index in [-0.39, 0.29) is 16.7 Å². The summed E-state index contributed by atoms with van der Waals surface area (Å²) in [4.78, 5) is 15.6. The van der Waals surface area contributed by atoms with Crippen molar-refractivity contribution in [3.05, 3.63) is 63.6 Å². The van der Waals surface area contributed by atoms with Crippen molar-refractivity contribution in [3.63, 3.8) is 0 Å². The summed E-state index contributed by atoms with van der Waals surface area (Å²) in [5, 5.41) is -0.190. The molecule has 2 aliphatic rings. The molecule has 5 heteroatoms. The van der Waals surface area contributed by atoms with E-state index in [2.05, 4.69) is 4.98 Å². The van der Waals surface area contributed by atoms with Crippen molar-refractivity contribution < 1.29 is 8.42 Å². The fourth-order valence-electron chi connectivity index (χ4n) is 4.43. The first kappa shape index (κ1) is 19.4. The number of hydrogen-bond donors (Lipinski definition) is 1. The molecule has 0 spiro atoms. The van der Waals surface area contributed by atoms with Crippen LogP contribution in [0.4, 0.5) is 0 Å². The molecule has 2 fully saturated rings. The van der Waals surface area contributed by atoms with Gasteiger partial charge < -0.3 is 4.98 Å². The maximum Gasteiger partial charge on any atom is 0.251 e. The van der Waals surface area contributed by atoms with Crippen LogP contribution >= 0.6 is 0 Å². The molecule has 4 rings (SSSR count). The highest BCUT2D eigenvalue weighted by molar-refractivity contribution is 7.92. The number of sulfone groups is 1. The summed E-state index contributed by atoms with van der Waals surface area (Å²) < 4.78 is 25.0. The average Bonchev–Trinajstić information content (AvgIpc) is 3.43. The molecular weight excluding hydrogens is 370 g/mol. The van der Waals surface area contributed by atoms with Gasteiger partial charge in [0.05, 0.1) is 10.1 Å². The van der Waals surface area contributed by atoms with Crippen LogP contribution in [0.2, 0.25) is 0 Å². The molecule has 1 aromatic heterocycles. The van der Waals surface area contributed by atoms with Gasteiger partial charge >= 0.3 is 0 Å². The van der Waals surface area contributed by atoms with Crippen molar-refractivity contribution in [2.75, 3.05) is 0 Å². The molecule has 1 aromatic carbocycles. The molecule has 150 valence electrons. The van der Waals surface area contributed by atoms with Crippen LogP contribution in [0.3, 0.4) is 0 Å². The van der Waals surface area contributed by atoms with Gasteiger partial charge in [0, 0.05) is 17.2 Å². The Kier molecular flexibility index (Phi) is 5.46. The van der Waals surface area contributed by atoms with Gasteiger partial charge in [-0.05, 0) is 62.3 Å². The summed E-state index contributed by atoms with van der Waals surface area (Å²) in [6.45, 7) is 1.81. The predicted octanol–water partition coefficient (Wildman–Crippen LogP) is 4.72. The zero-order valence-corrected chi connectivity index (χ0v) is 17.3. The van der Waals surface area contributed by atoms with Gasteiger partial charge in [-0.15, -0.1) is 0 Å². The molecule has 2 aliphatic carbocycles. The second kappa shape index (κ2) is 7.86. The first-order chi connectivity index (χ1) is 13.4. The smallest absolute Gasteiger partial charge is 0.251 e. The third kappa shape index (κ3) is 4.09. The number of aryl methyl sites for hydroxylation is 1. The van der Waals surface area contributed by atoms with Crippen LogP contribution in [0.5, 0.6) is 0 Å². The molecule has 4 nitrogen and oxygen atoms in total. The first-order valence-corrected chi connectivity index (χ1v) is 12.0. The number of benzene rings is 1. The van der Waals surface area contributed by atoms with Gasteiger partial charge in [-0.25, -0.2) is 8.42 Å². The molecule has 1 atom stereocenters. The van der Waals surface area contributed by atoms with Crippen molar-refractivity contribution in [3.8, 4) is 0 Å². The van der Waals surface area contributed by atoms with Gasteiger partial charge in [0.15, 0.2) is 9.84 Å². The van der Waals surface area contributed by atoms with Crippen LogP contribution in [0.1, 0.15) is 74.1 Å². The number of hydrogen-bond acceptors (Lipinski definition) is 3. The van der Waals surface area contributed by atoms with Gasteiger partial charge in [-0.3, -0.25) is 4.79 Å². The van der Waals surface area contributed by atoms with Crippen molar-refractivity contribution in [2.45, 2.75) is 74.4 Å². The Hall–Kier alpha value is -1.88. The number of nitrogens with one attached hydrogen (secondary N) is 1. The topological polar surface area (TPSA) is 67.0 Å². The molecule has 1 unspecified atom stereocenters. The fourth-order valence-corrected chi connectivity index (χ4v) is 6.09. The number of aromatic nitrogens is 1. The van der Waals surface area contributed by atoms with Crippen LogP contribution in [0.25, 0.3) is 0 Å². The van der Waals surface area contributed by atoms with E-state index in [0.717, 1.165) is 42.9 Å². The SMILES string of the molecule is Cc1ccc(C(CCC2CCCC2)c2ccc(S(=O)(=O)C3CC3)cc2)[nH]c1=O. The third-order valence-electron chi connectivity index (χ3n) is 6.42. The van der Waals surface area contributed by atoms with Crippen LogP contribution in [-0.2, 0) is 9.84 Å². The first-order valence-electron chi connectivity index (χ1n) is 10.5. The molecule has 0 saturated heterocycles. The van der Waals surface area contributed by atoms with Crippen LogP contribution in [0.15, 0.2) is 46.1 Å². The maximum absolute atomic E-state index is 12.5. The van der Waals surface area contributed by atoms with Crippen LogP contribution in [-0.4, -0.2) is 18.7 Å². The van der Waals surface area contributed by atoms with Gasteiger partial charge in [-0.1, -0.05) is 43.9 Å². The van der Waals surface area contributed by atoms with E-state index < -0.39 is 9.84 Å². The Labute approximate surface area is 167 Å². The highest BCUT2D eigenvalue weighted by atomic mass is 32.2. The molecule has 1 N–H and O–H groups in total. The van der Waals surface area contributed by atoms with E-state index >= 15 is 0 Å². The zero-order chi connectivity index (χ0) is 19.7. The minimum Gasteiger partial charge on any atom is -0.325 e. The summed E-state index contributed by atoms with van der Waals surface area (Å²) in [7, 11) is -3.17. The summed E-state index contributed by atoms with van der Waals surface area (Å²) in [6, 6.07) is 11.3. The van der Waals surface area contributed by atoms with Crippen LogP contribution in [0, 0.1) is 12.8 Å². The summed E-state index contributed by atoms with van der Waals surface area (Å²) in [5.74, 6) is 0.862. The maximum atomic E-state index is 12.5. The molecular formula is C23H29NO3S. The summed E-state index contributed by atoms with van der Waals surface area (Å²) >= 11 is 0. The Morgan fingerprint density at radius 2 is 1.68 bits per heavy atom. The van der Waals surface area contributed by atoms with Crippen molar-refractivity contribution in [2.24, 2.45) is 5.92 Å². The van der Waals surface area contributed by atoms with Crippen molar-refractivity contribution in [1.29, 1.82) is 0 Å². The summed E-state index contributed by atoms with van der Waals surface area (Å²) in [6.07, 6.45) is 8.92. The lowest BCUT2D eigenvalue weighted by molar-refractivity contribution is 0.464. The van der Waals surface area contributed by atoms with Gasteiger partial charge in [0.2, 0.25) is 0 Å². The Morgan fingerprint density at radius 1 is 1.00 bits per heavy atom. The lowest BCUT2D eigenvalue weighted by Gasteiger charge is -2.20. The molecule has 1 heterocycles. The number of pyridine rings is 1. The van der Waals surface area contributed by atoms with Gasteiger partial charge in [0.25, 0.3) is 5.56 Å². The molecule has 0 radical (unpaired) electrons. The molecule has 0 aliphatic heterocycles. The van der Waals surface area contributed by atoms with E-state index in [1.54, 1.807) is 12.1 Å². The van der Waals surface area contributed by atoms with Crippen molar-refractivity contribution >= 4 is 9.84 Å². The average molecular weight is 400 g/mol. The van der Waals surface area contributed by atoms with Crippen molar-refractivity contribution in [1.82, 2.24) is 4.98 Å². The standard InChI is InChI=1S/C23H29NO3S/c1-16-6-15-22(24-23(16)25)21(14-7-17-4-2-3-5-17)18-8-10-19(11-9-18)28(26,27)20-12-13-20/h6,8-11,15,17,20-21H,2-5,7,12-14H2,1H3,(H,24,25). The van der Waals surface area contributed by atoms with E-state index in [0.29, 0.717) is 10.5 Å². The molecule has 2 aromatic rings. The highest BCUT2D eigenvalue weighted by Gasteiger charge is 2.36. The van der Waals surface area contributed by atoms with E-state index in [9.17, 15) is 13.2 Å². The normalized spacial score (nSPS) is 19.0. The Balaban J connectivity index is 1.61. The van der Waals surface area contributed by atoms with Crippen LogP contribution < -0.4 is 5.56 Å². The van der Waals surface area contributed by atoms with Gasteiger partial charge in [-0.2, -0.15) is 0 Å². The lowest BCUT2D eigenvalue weighted by atomic mass is 9.87. The fraction of sp³-hybridized carbons (Fsp3) is 0.522. The Bertz CT molecular complexity index is 981. The minimum absolute atomic E-state index is 0.0451. The molecule has 0 amide bonds. The van der Waals surface area contributed by atoms with E-state index in [4.69, 9.17) is 0 Å². The molecule has 28 heavy (non-hydrogen) atoms. The number of rotatable bonds is 7. The van der Waals surface area contributed by atoms with E-state index in [1.807, 2.05) is 31.2 Å². The largest absolute Gasteiger partial charge is 0.325 e. The second-order valence-corrected chi connectivity index (χ2v) is 10.7. The van der Waals surface area contributed by atoms with Gasteiger partial charge in [0.1, 0.15) is 0 Å². The molecule has 0 bridgehead atoms. The third-order valence-corrected chi connectivity index (χ3v) is 8.70. The number of aromatic amines is 1. The minimum atomic E-state index is -3.17. The second-order valence-electron chi connectivity index (χ2n) is 8.52. The van der Waals surface area contributed by atoms with E-state index in [1.165, 1.54) is 25.7 Å². The lowest BCUT2D eigenvalue weighted by Crippen LogP contribution is -2.15. The Morgan fingerprint density at radius 3 is 2.29 bits per heavy atom. The summed E-state index contributed by atoms with van der Waals surface area (Å²) in [5.41, 5.74) is 2.67. The zero-order valence-electron chi connectivity index (χ0n) is 16.5. The highest BCUT2D eigenvalue weighted by Crippen LogP contribution is 2.37. The number of H-pyrrole nitrogens is 1. The predicted molar refractivity (Wildman–Crippen MR) is 111 cm³/mol. The quantitative estimate of drug-likeness (QED) is 0.732. The molecule has 2 saturated carbocycles. The monoisotopic (exact) mass is 399 g/mol.